The summed E-state index contributed by atoms with van der Waals surface area (Å²) >= 11 is 3.45. The van der Waals surface area contributed by atoms with Gasteiger partial charge >= 0.3 is 0 Å². The number of hydrogen-bond acceptors (Lipinski definition) is 5. The van der Waals surface area contributed by atoms with Crippen LogP contribution >= 0.6 is 22.7 Å². The lowest BCUT2D eigenvalue weighted by molar-refractivity contribution is 0.843. The van der Waals surface area contributed by atoms with Crippen LogP contribution in [0.4, 0.5) is 0 Å². The fourth-order valence-corrected chi connectivity index (χ4v) is 4.27. The highest BCUT2D eigenvalue weighted by atomic mass is 32.1. The quantitative estimate of drug-likeness (QED) is 0.476. The summed E-state index contributed by atoms with van der Waals surface area (Å²) in [5.74, 6) is 0.859. The van der Waals surface area contributed by atoms with E-state index < -0.39 is 0 Å². The molecule has 4 nitrogen and oxygen atoms in total. The molecule has 0 bridgehead atoms. The van der Waals surface area contributed by atoms with Crippen LogP contribution in [0.5, 0.6) is 0 Å². The van der Waals surface area contributed by atoms with Crippen LogP contribution in [0.1, 0.15) is 11.4 Å². The first-order valence-electron chi connectivity index (χ1n) is 7.58. The predicted octanol–water partition coefficient (Wildman–Crippen LogP) is 4.66. The molecule has 0 aliphatic carbocycles. The van der Waals surface area contributed by atoms with Crippen molar-refractivity contribution in [3.8, 4) is 10.6 Å². The molecule has 0 radical (unpaired) electrons. The first-order valence-corrected chi connectivity index (χ1v) is 9.34. The zero-order valence-electron chi connectivity index (χ0n) is 12.6. The third-order valence-electron chi connectivity index (χ3n) is 3.98. The van der Waals surface area contributed by atoms with E-state index in [2.05, 4.69) is 51.3 Å². The van der Waals surface area contributed by atoms with Crippen LogP contribution in [0.25, 0.3) is 26.3 Å². The van der Waals surface area contributed by atoms with Gasteiger partial charge in [0.1, 0.15) is 5.69 Å². The molecule has 0 amide bonds. The van der Waals surface area contributed by atoms with E-state index in [1.54, 1.807) is 22.7 Å². The van der Waals surface area contributed by atoms with Crippen molar-refractivity contribution in [1.82, 2.24) is 19.8 Å². The Bertz CT molecular complexity index is 1140. The number of nitrogens with zero attached hydrogens (tertiary/aromatic N) is 4. The fraction of sp³-hybridized carbons (Fsp3) is 0.0556. The van der Waals surface area contributed by atoms with Gasteiger partial charge in [-0.15, -0.1) is 32.9 Å². The average molecular weight is 348 g/mol. The van der Waals surface area contributed by atoms with Crippen molar-refractivity contribution < 1.29 is 0 Å². The van der Waals surface area contributed by atoms with Gasteiger partial charge < -0.3 is 0 Å². The zero-order valence-corrected chi connectivity index (χ0v) is 14.2. The smallest absolute Gasteiger partial charge is 0.177 e. The van der Waals surface area contributed by atoms with E-state index in [0.717, 1.165) is 22.0 Å². The van der Waals surface area contributed by atoms with Crippen LogP contribution < -0.4 is 0 Å². The van der Waals surface area contributed by atoms with E-state index in [9.17, 15) is 0 Å². The molecule has 1 aromatic carbocycles. The molecule has 4 aromatic heterocycles. The summed E-state index contributed by atoms with van der Waals surface area (Å²) in [6, 6.07) is 16.8. The van der Waals surface area contributed by atoms with Crippen molar-refractivity contribution in [2.75, 3.05) is 0 Å². The maximum Gasteiger partial charge on any atom is 0.177 e. The molecule has 0 aliphatic rings. The molecule has 0 N–H and O–H groups in total. The molecule has 0 fully saturated rings. The van der Waals surface area contributed by atoms with Crippen LogP contribution in [-0.2, 0) is 6.42 Å². The van der Waals surface area contributed by atoms with Crippen molar-refractivity contribution in [2.45, 2.75) is 6.42 Å². The van der Waals surface area contributed by atoms with Gasteiger partial charge in [-0.2, -0.15) is 9.61 Å². The van der Waals surface area contributed by atoms with Gasteiger partial charge in [-0.25, -0.2) is 0 Å². The molecule has 116 valence electrons. The third-order valence-corrected chi connectivity index (χ3v) is 5.77. The summed E-state index contributed by atoms with van der Waals surface area (Å²) in [7, 11) is 0. The summed E-state index contributed by atoms with van der Waals surface area (Å²) in [6.45, 7) is 0. The molecule has 24 heavy (non-hydrogen) atoms. The molecule has 5 aromatic rings. The number of rotatable bonds is 3. The highest BCUT2D eigenvalue weighted by molar-refractivity contribution is 7.17. The maximum absolute atomic E-state index is 4.73. The molecule has 0 unspecified atom stereocenters. The molecule has 0 aliphatic heterocycles. The van der Waals surface area contributed by atoms with Gasteiger partial charge in [0.15, 0.2) is 11.5 Å². The van der Waals surface area contributed by atoms with E-state index in [1.165, 1.54) is 15.6 Å². The second kappa shape index (κ2) is 5.51. The van der Waals surface area contributed by atoms with E-state index in [0.29, 0.717) is 6.42 Å². The largest absolute Gasteiger partial charge is 0.196 e. The molecule has 0 saturated carbocycles. The third kappa shape index (κ3) is 2.31. The second-order valence-corrected chi connectivity index (χ2v) is 7.45. The Morgan fingerprint density at radius 1 is 0.917 bits per heavy atom. The van der Waals surface area contributed by atoms with E-state index in [-0.39, 0.29) is 0 Å². The Morgan fingerprint density at radius 2 is 1.92 bits per heavy atom. The lowest BCUT2D eigenvalue weighted by Gasteiger charge is -2.02. The Kier molecular flexibility index (Phi) is 3.17. The normalized spacial score (nSPS) is 11.5. The van der Waals surface area contributed by atoms with Crippen LogP contribution in [0.3, 0.4) is 0 Å². The number of benzene rings is 1. The van der Waals surface area contributed by atoms with Gasteiger partial charge in [-0.3, -0.25) is 0 Å². The van der Waals surface area contributed by atoms with Gasteiger partial charge in [0.2, 0.25) is 0 Å². The Labute approximate surface area is 146 Å². The fourth-order valence-electron chi connectivity index (χ4n) is 2.81. The lowest BCUT2D eigenvalue weighted by Crippen LogP contribution is -2.01. The standard InChI is InChI=1S/C18H12N4S2/c1-2-16(23-8-1)14-4-6-17-19-20-18(22(17)21-14)11-12-3-5-15-13(10-12)7-9-24-15/h1-10H,11H2. The minimum Gasteiger partial charge on any atom is -0.196 e. The van der Waals surface area contributed by atoms with Crippen LogP contribution in [-0.4, -0.2) is 19.8 Å². The van der Waals surface area contributed by atoms with Crippen LogP contribution in [0.15, 0.2) is 59.3 Å². The SMILES string of the molecule is c1csc(-c2ccc3nnc(Cc4ccc5sccc5c4)n3n2)c1. The van der Waals surface area contributed by atoms with E-state index in [4.69, 9.17) is 5.10 Å². The number of fused-ring (bicyclic) bond motifs is 2. The number of thiophene rings is 2. The van der Waals surface area contributed by atoms with Gasteiger partial charge in [-0.1, -0.05) is 12.1 Å². The summed E-state index contributed by atoms with van der Waals surface area (Å²) in [5, 5.41) is 18.8. The van der Waals surface area contributed by atoms with Crippen molar-refractivity contribution >= 4 is 38.4 Å². The zero-order chi connectivity index (χ0) is 15.9. The molecule has 0 atom stereocenters. The first-order chi connectivity index (χ1) is 11.9. The molecule has 5 rings (SSSR count). The van der Waals surface area contributed by atoms with Crippen molar-refractivity contribution in [2.24, 2.45) is 0 Å². The van der Waals surface area contributed by atoms with Gasteiger partial charge in [0, 0.05) is 11.1 Å². The van der Waals surface area contributed by atoms with Crippen molar-refractivity contribution in [1.29, 1.82) is 0 Å². The highest BCUT2D eigenvalue weighted by Crippen LogP contribution is 2.24. The van der Waals surface area contributed by atoms with Crippen molar-refractivity contribution in [3.63, 3.8) is 0 Å². The van der Waals surface area contributed by atoms with Gasteiger partial charge in [0.05, 0.1) is 4.88 Å². The Hall–Kier alpha value is -2.57. The Balaban J connectivity index is 1.57. The van der Waals surface area contributed by atoms with Crippen molar-refractivity contribution in [3.05, 3.63) is 70.7 Å². The average Bonchev–Trinajstić information content (AvgIpc) is 3.35. The van der Waals surface area contributed by atoms with Crippen LogP contribution in [0.2, 0.25) is 0 Å². The molecular weight excluding hydrogens is 336 g/mol. The maximum atomic E-state index is 4.73. The predicted molar refractivity (Wildman–Crippen MR) is 98.7 cm³/mol. The van der Waals surface area contributed by atoms with E-state index in [1.807, 2.05) is 22.7 Å². The minimum absolute atomic E-state index is 0.716. The molecule has 6 heteroatoms. The number of aromatic nitrogens is 4. The van der Waals surface area contributed by atoms with Crippen LogP contribution in [0, 0.1) is 0 Å². The Morgan fingerprint density at radius 3 is 2.83 bits per heavy atom. The molecule has 0 spiro atoms. The first kappa shape index (κ1) is 13.8. The molecule has 0 saturated heterocycles. The van der Waals surface area contributed by atoms with E-state index >= 15 is 0 Å². The lowest BCUT2D eigenvalue weighted by atomic mass is 10.1. The summed E-state index contributed by atoms with van der Waals surface area (Å²) in [5.41, 5.74) is 2.95. The number of hydrogen-bond donors (Lipinski definition) is 0. The van der Waals surface area contributed by atoms with Gasteiger partial charge in [0.25, 0.3) is 0 Å². The summed E-state index contributed by atoms with van der Waals surface area (Å²) in [4.78, 5) is 1.15. The summed E-state index contributed by atoms with van der Waals surface area (Å²) in [6.07, 6.45) is 0.716. The second-order valence-electron chi connectivity index (χ2n) is 5.55. The van der Waals surface area contributed by atoms with Gasteiger partial charge in [-0.05, 0) is 58.1 Å². The summed E-state index contributed by atoms with van der Waals surface area (Å²) < 4.78 is 3.16. The molecule has 4 heterocycles. The monoisotopic (exact) mass is 348 g/mol. The highest BCUT2D eigenvalue weighted by Gasteiger charge is 2.10. The molecular formula is C18H12N4S2. The topological polar surface area (TPSA) is 43.1 Å². The minimum atomic E-state index is 0.716.